The van der Waals surface area contributed by atoms with Crippen LogP contribution < -0.4 is 10.2 Å². The van der Waals surface area contributed by atoms with Gasteiger partial charge in [-0.25, -0.2) is 9.97 Å². The molecule has 2 heterocycles. The summed E-state index contributed by atoms with van der Waals surface area (Å²) in [4.78, 5) is 23.9. The summed E-state index contributed by atoms with van der Waals surface area (Å²) in [6.07, 6.45) is 4.09. The molecule has 0 spiro atoms. The zero-order valence-electron chi connectivity index (χ0n) is 13.5. The Balaban J connectivity index is 1.47. The molecule has 1 saturated carbocycles. The lowest BCUT2D eigenvalue weighted by atomic mass is 9.96. The SMILES string of the molecule is Cc1nc2ccccc2nc1N1CCC(C(=O)NC2CC2)CC1. The number of hydrogen-bond acceptors (Lipinski definition) is 4. The molecule has 1 aromatic heterocycles. The molecular weight excluding hydrogens is 288 g/mol. The van der Waals surface area contributed by atoms with Crippen LogP contribution in [0.25, 0.3) is 11.0 Å². The number of piperidine rings is 1. The van der Waals surface area contributed by atoms with E-state index in [0.29, 0.717) is 6.04 Å². The standard InChI is InChI=1S/C18H22N4O/c1-12-17(21-16-5-3-2-4-15(16)19-12)22-10-8-13(9-11-22)18(23)20-14-6-7-14/h2-5,13-14H,6-11H2,1H3,(H,20,23). The number of aromatic nitrogens is 2. The van der Waals surface area contributed by atoms with Crippen molar-refractivity contribution in [3.05, 3.63) is 30.0 Å². The zero-order valence-corrected chi connectivity index (χ0v) is 13.5. The van der Waals surface area contributed by atoms with Crippen LogP contribution in [0.2, 0.25) is 0 Å². The Kier molecular flexibility index (Phi) is 3.63. The zero-order chi connectivity index (χ0) is 15.8. The lowest BCUT2D eigenvalue weighted by molar-refractivity contribution is -0.125. The van der Waals surface area contributed by atoms with Crippen molar-refractivity contribution in [3.63, 3.8) is 0 Å². The summed E-state index contributed by atoms with van der Waals surface area (Å²) >= 11 is 0. The molecule has 1 saturated heterocycles. The van der Waals surface area contributed by atoms with E-state index in [4.69, 9.17) is 4.98 Å². The van der Waals surface area contributed by atoms with Gasteiger partial charge in [0.1, 0.15) is 0 Å². The molecule has 1 aliphatic heterocycles. The number of fused-ring (bicyclic) bond motifs is 1. The maximum atomic E-state index is 12.2. The summed E-state index contributed by atoms with van der Waals surface area (Å²) in [6.45, 7) is 3.76. The number of anilines is 1. The van der Waals surface area contributed by atoms with Crippen molar-refractivity contribution in [2.24, 2.45) is 5.92 Å². The molecule has 0 radical (unpaired) electrons. The maximum Gasteiger partial charge on any atom is 0.223 e. The molecule has 120 valence electrons. The number of rotatable bonds is 3. The number of nitrogens with one attached hydrogen (secondary N) is 1. The number of hydrogen-bond donors (Lipinski definition) is 1. The van der Waals surface area contributed by atoms with Crippen molar-refractivity contribution in [1.29, 1.82) is 0 Å². The Morgan fingerprint density at radius 3 is 2.39 bits per heavy atom. The molecule has 4 rings (SSSR count). The van der Waals surface area contributed by atoms with Crippen LogP contribution in [0, 0.1) is 12.8 Å². The largest absolute Gasteiger partial charge is 0.355 e. The number of carbonyl (C=O) groups is 1. The highest BCUT2D eigenvalue weighted by Crippen LogP contribution is 2.27. The molecule has 23 heavy (non-hydrogen) atoms. The number of para-hydroxylation sites is 2. The third-order valence-electron chi connectivity index (χ3n) is 4.81. The number of benzene rings is 1. The number of nitrogens with zero attached hydrogens (tertiary/aromatic N) is 3. The van der Waals surface area contributed by atoms with Gasteiger partial charge in [-0.1, -0.05) is 12.1 Å². The first kappa shape index (κ1) is 14.4. The van der Waals surface area contributed by atoms with E-state index in [1.54, 1.807) is 0 Å². The lowest BCUT2D eigenvalue weighted by Crippen LogP contribution is -2.41. The van der Waals surface area contributed by atoms with Gasteiger partial charge < -0.3 is 10.2 Å². The van der Waals surface area contributed by atoms with E-state index in [1.807, 2.05) is 31.2 Å². The van der Waals surface area contributed by atoms with Crippen LogP contribution in [0.15, 0.2) is 24.3 Å². The van der Waals surface area contributed by atoms with Crippen LogP contribution in [0.4, 0.5) is 5.82 Å². The van der Waals surface area contributed by atoms with Crippen LogP contribution in [-0.4, -0.2) is 35.0 Å². The van der Waals surface area contributed by atoms with Crippen molar-refractivity contribution in [2.45, 2.75) is 38.6 Å². The molecule has 0 atom stereocenters. The quantitative estimate of drug-likeness (QED) is 0.946. The van der Waals surface area contributed by atoms with E-state index in [-0.39, 0.29) is 11.8 Å². The van der Waals surface area contributed by atoms with Gasteiger partial charge in [0.2, 0.25) is 5.91 Å². The van der Waals surface area contributed by atoms with Gasteiger partial charge in [0.05, 0.1) is 16.7 Å². The molecular formula is C18H22N4O. The fourth-order valence-corrected chi connectivity index (χ4v) is 3.28. The molecule has 2 fully saturated rings. The smallest absolute Gasteiger partial charge is 0.223 e. The minimum Gasteiger partial charge on any atom is -0.355 e. The number of carbonyl (C=O) groups excluding carboxylic acids is 1. The summed E-state index contributed by atoms with van der Waals surface area (Å²) in [5.74, 6) is 1.36. The number of aryl methyl sites for hydroxylation is 1. The van der Waals surface area contributed by atoms with Gasteiger partial charge in [0.25, 0.3) is 0 Å². The van der Waals surface area contributed by atoms with Crippen LogP contribution in [-0.2, 0) is 4.79 Å². The van der Waals surface area contributed by atoms with Crippen LogP contribution in [0.1, 0.15) is 31.4 Å². The Morgan fingerprint density at radius 2 is 1.74 bits per heavy atom. The van der Waals surface area contributed by atoms with Gasteiger partial charge in [-0.3, -0.25) is 4.79 Å². The Morgan fingerprint density at radius 1 is 1.09 bits per heavy atom. The second-order valence-corrected chi connectivity index (χ2v) is 6.67. The van der Waals surface area contributed by atoms with Crippen molar-refractivity contribution >= 4 is 22.8 Å². The van der Waals surface area contributed by atoms with Crippen LogP contribution >= 0.6 is 0 Å². The Hall–Kier alpha value is -2.17. The van der Waals surface area contributed by atoms with Gasteiger partial charge in [0.15, 0.2) is 5.82 Å². The molecule has 0 bridgehead atoms. The highest BCUT2D eigenvalue weighted by molar-refractivity contribution is 5.80. The van der Waals surface area contributed by atoms with E-state index in [1.165, 1.54) is 0 Å². The second-order valence-electron chi connectivity index (χ2n) is 6.67. The summed E-state index contributed by atoms with van der Waals surface area (Å²) < 4.78 is 0. The fourth-order valence-electron chi connectivity index (χ4n) is 3.28. The van der Waals surface area contributed by atoms with Gasteiger partial charge in [-0.05, 0) is 44.7 Å². The van der Waals surface area contributed by atoms with E-state index >= 15 is 0 Å². The highest BCUT2D eigenvalue weighted by atomic mass is 16.2. The predicted octanol–water partition coefficient (Wildman–Crippen LogP) is 2.43. The van der Waals surface area contributed by atoms with Crippen molar-refractivity contribution in [3.8, 4) is 0 Å². The first-order valence-electron chi connectivity index (χ1n) is 8.49. The highest BCUT2D eigenvalue weighted by Gasteiger charge is 2.30. The van der Waals surface area contributed by atoms with Gasteiger partial charge >= 0.3 is 0 Å². The summed E-state index contributed by atoms with van der Waals surface area (Å²) in [5, 5.41) is 3.13. The van der Waals surface area contributed by atoms with E-state index < -0.39 is 0 Å². The average molecular weight is 310 g/mol. The molecule has 2 aliphatic rings. The fraction of sp³-hybridized carbons (Fsp3) is 0.500. The normalized spacial score (nSPS) is 19.1. The summed E-state index contributed by atoms with van der Waals surface area (Å²) in [7, 11) is 0. The van der Waals surface area contributed by atoms with Gasteiger partial charge in [0, 0.05) is 25.0 Å². The van der Waals surface area contributed by atoms with E-state index in [0.717, 1.165) is 61.3 Å². The molecule has 1 amide bonds. The lowest BCUT2D eigenvalue weighted by Gasteiger charge is -2.32. The van der Waals surface area contributed by atoms with Crippen molar-refractivity contribution in [2.75, 3.05) is 18.0 Å². The molecule has 1 aliphatic carbocycles. The topological polar surface area (TPSA) is 58.1 Å². The first-order chi connectivity index (χ1) is 11.2. The third kappa shape index (κ3) is 3.00. The van der Waals surface area contributed by atoms with Crippen LogP contribution in [0.5, 0.6) is 0 Å². The minimum atomic E-state index is 0.153. The first-order valence-corrected chi connectivity index (χ1v) is 8.49. The van der Waals surface area contributed by atoms with E-state index in [9.17, 15) is 4.79 Å². The summed E-state index contributed by atoms with van der Waals surface area (Å²) in [6, 6.07) is 8.42. The Bertz CT molecular complexity index is 733. The predicted molar refractivity (Wildman–Crippen MR) is 90.4 cm³/mol. The second kappa shape index (κ2) is 5.80. The molecule has 5 heteroatoms. The monoisotopic (exact) mass is 310 g/mol. The van der Waals surface area contributed by atoms with Crippen molar-refractivity contribution in [1.82, 2.24) is 15.3 Å². The molecule has 5 nitrogen and oxygen atoms in total. The van der Waals surface area contributed by atoms with Crippen LogP contribution in [0.3, 0.4) is 0 Å². The molecule has 1 aromatic carbocycles. The third-order valence-corrected chi connectivity index (χ3v) is 4.81. The number of amides is 1. The average Bonchev–Trinajstić information content (AvgIpc) is 3.38. The van der Waals surface area contributed by atoms with Crippen molar-refractivity contribution < 1.29 is 4.79 Å². The van der Waals surface area contributed by atoms with Gasteiger partial charge in [-0.15, -0.1) is 0 Å². The minimum absolute atomic E-state index is 0.153. The molecule has 0 unspecified atom stereocenters. The molecule has 1 N–H and O–H groups in total. The maximum absolute atomic E-state index is 12.2. The van der Waals surface area contributed by atoms with E-state index in [2.05, 4.69) is 15.2 Å². The molecule has 2 aromatic rings. The Labute approximate surface area is 136 Å². The summed E-state index contributed by atoms with van der Waals surface area (Å²) in [5.41, 5.74) is 2.83. The van der Waals surface area contributed by atoms with Gasteiger partial charge in [-0.2, -0.15) is 0 Å².